The molecule has 0 aliphatic carbocycles. The van der Waals surface area contributed by atoms with Gasteiger partial charge in [-0.2, -0.15) is 0 Å². The number of carboxylic acids is 2. The standard InChI is InChI=1S/C20H25NO6S/c1-21(17(13-22)16(20(25)26)12-19(23)24)7-2-8-27-9-5-14-3-4-18-15(11-14)6-10-28-18/h3-4,6,10-12,17,22H,2,5,7-9,13H2,1H3,(H,23,24)(H,25,26)/b16-12-. The normalized spacial score (nSPS) is 13.2. The van der Waals surface area contributed by atoms with Gasteiger partial charge < -0.3 is 20.1 Å². The van der Waals surface area contributed by atoms with E-state index in [2.05, 4.69) is 29.6 Å². The Morgan fingerprint density at radius 2 is 2.04 bits per heavy atom. The van der Waals surface area contributed by atoms with Crippen molar-refractivity contribution in [2.45, 2.75) is 18.9 Å². The third kappa shape index (κ3) is 6.42. The van der Waals surface area contributed by atoms with Crippen molar-refractivity contribution in [1.29, 1.82) is 0 Å². The predicted octanol–water partition coefficient (Wildman–Crippen LogP) is 2.24. The Kier molecular flexibility index (Phi) is 8.59. The van der Waals surface area contributed by atoms with Crippen molar-refractivity contribution >= 4 is 33.4 Å². The Morgan fingerprint density at radius 1 is 1.25 bits per heavy atom. The van der Waals surface area contributed by atoms with E-state index in [0.717, 1.165) is 6.42 Å². The summed E-state index contributed by atoms with van der Waals surface area (Å²) in [6, 6.07) is 7.60. The number of aliphatic hydroxyl groups excluding tert-OH is 1. The van der Waals surface area contributed by atoms with Crippen molar-refractivity contribution in [3.05, 3.63) is 46.9 Å². The van der Waals surface area contributed by atoms with Gasteiger partial charge in [-0.25, -0.2) is 9.59 Å². The van der Waals surface area contributed by atoms with Crippen LogP contribution in [0.2, 0.25) is 0 Å². The average Bonchev–Trinajstić information content (AvgIpc) is 3.11. The smallest absolute Gasteiger partial charge is 0.333 e. The van der Waals surface area contributed by atoms with E-state index >= 15 is 0 Å². The van der Waals surface area contributed by atoms with Crippen LogP contribution in [0.5, 0.6) is 0 Å². The minimum Gasteiger partial charge on any atom is -0.478 e. The number of hydrogen-bond acceptors (Lipinski definition) is 6. The molecule has 1 aromatic carbocycles. The molecular weight excluding hydrogens is 382 g/mol. The Bertz CT molecular complexity index is 831. The summed E-state index contributed by atoms with van der Waals surface area (Å²) in [5.41, 5.74) is 0.871. The summed E-state index contributed by atoms with van der Waals surface area (Å²) in [4.78, 5) is 23.7. The molecule has 2 rings (SSSR count). The number of aliphatic carboxylic acids is 2. The second-order valence-electron chi connectivity index (χ2n) is 6.43. The summed E-state index contributed by atoms with van der Waals surface area (Å²) < 4.78 is 6.92. The summed E-state index contributed by atoms with van der Waals surface area (Å²) in [5, 5.41) is 30.8. The van der Waals surface area contributed by atoms with Crippen molar-refractivity contribution in [2.24, 2.45) is 0 Å². The zero-order chi connectivity index (χ0) is 20.5. The van der Waals surface area contributed by atoms with E-state index in [0.29, 0.717) is 32.3 Å². The highest BCUT2D eigenvalue weighted by Crippen LogP contribution is 2.21. The van der Waals surface area contributed by atoms with Crippen LogP contribution >= 0.6 is 11.3 Å². The van der Waals surface area contributed by atoms with Crippen molar-refractivity contribution in [1.82, 2.24) is 4.90 Å². The van der Waals surface area contributed by atoms with Crippen molar-refractivity contribution < 1.29 is 29.6 Å². The summed E-state index contributed by atoms with van der Waals surface area (Å²) in [7, 11) is 1.65. The largest absolute Gasteiger partial charge is 0.478 e. The van der Waals surface area contributed by atoms with Gasteiger partial charge in [0.05, 0.1) is 24.8 Å². The summed E-state index contributed by atoms with van der Waals surface area (Å²) >= 11 is 1.72. The van der Waals surface area contributed by atoms with E-state index in [9.17, 15) is 19.8 Å². The first-order chi connectivity index (χ1) is 13.4. The number of fused-ring (bicyclic) bond motifs is 1. The van der Waals surface area contributed by atoms with Gasteiger partial charge >= 0.3 is 11.9 Å². The Hall–Kier alpha value is -2.26. The molecule has 1 heterocycles. The number of carbonyl (C=O) groups is 2. The Labute approximate surface area is 167 Å². The molecular formula is C20H25NO6S. The quantitative estimate of drug-likeness (QED) is 0.366. The van der Waals surface area contributed by atoms with E-state index in [-0.39, 0.29) is 5.57 Å². The minimum atomic E-state index is -1.35. The number of rotatable bonds is 12. The Balaban J connectivity index is 1.73. The number of nitrogens with zero attached hydrogens (tertiary/aromatic N) is 1. The molecule has 0 fully saturated rings. The van der Waals surface area contributed by atoms with Gasteiger partial charge in [-0.15, -0.1) is 11.3 Å². The highest BCUT2D eigenvalue weighted by atomic mass is 32.1. The molecule has 0 aliphatic heterocycles. The van der Waals surface area contributed by atoms with Gasteiger partial charge in [-0.05, 0) is 48.4 Å². The van der Waals surface area contributed by atoms with Gasteiger partial charge in [-0.3, -0.25) is 4.90 Å². The molecule has 0 saturated carbocycles. The maximum absolute atomic E-state index is 11.3. The number of aliphatic hydroxyl groups is 1. The van der Waals surface area contributed by atoms with Crippen molar-refractivity contribution in [3.8, 4) is 0 Å². The van der Waals surface area contributed by atoms with E-state index in [1.165, 1.54) is 15.6 Å². The topological polar surface area (TPSA) is 107 Å². The molecule has 1 aromatic heterocycles. The van der Waals surface area contributed by atoms with Gasteiger partial charge in [0.15, 0.2) is 0 Å². The van der Waals surface area contributed by atoms with E-state index < -0.39 is 24.6 Å². The zero-order valence-corrected chi connectivity index (χ0v) is 16.5. The maximum atomic E-state index is 11.3. The Morgan fingerprint density at radius 3 is 2.71 bits per heavy atom. The van der Waals surface area contributed by atoms with E-state index in [4.69, 9.17) is 9.84 Å². The van der Waals surface area contributed by atoms with Gasteiger partial charge in [0.1, 0.15) is 0 Å². The lowest BCUT2D eigenvalue weighted by Crippen LogP contribution is -2.40. The fourth-order valence-corrected chi connectivity index (χ4v) is 3.72. The first-order valence-electron chi connectivity index (χ1n) is 8.95. The molecule has 28 heavy (non-hydrogen) atoms. The van der Waals surface area contributed by atoms with Gasteiger partial charge in [-0.1, -0.05) is 12.1 Å². The molecule has 1 unspecified atom stereocenters. The third-order valence-corrected chi connectivity index (χ3v) is 5.34. The lowest BCUT2D eigenvalue weighted by Gasteiger charge is -2.26. The first kappa shape index (κ1) is 22.0. The highest BCUT2D eigenvalue weighted by molar-refractivity contribution is 7.17. The summed E-state index contributed by atoms with van der Waals surface area (Å²) in [6.45, 7) is 1.07. The first-order valence-corrected chi connectivity index (χ1v) is 9.83. The minimum absolute atomic E-state index is 0.345. The fraction of sp³-hybridized carbons (Fsp3) is 0.400. The number of likely N-dealkylation sites (N-methyl/N-ethyl adjacent to an activating group) is 1. The van der Waals surface area contributed by atoms with E-state index in [1.807, 2.05) is 0 Å². The van der Waals surface area contributed by atoms with Crippen LogP contribution in [0, 0.1) is 0 Å². The van der Waals surface area contributed by atoms with Crippen LogP contribution in [0.4, 0.5) is 0 Å². The number of benzene rings is 1. The summed E-state index contributed by atoms with van der Waals surface area (Å²) in [5.74, 6) is -2.71. The van der Waals surface area contributed by atoms with Crippen LogP contribution in [0.25, 0.3) is 10.1 Å². The van der Waals surface area contributed by atoms with Gasteiger partial charge in [0.2, 0.25) is 0 Å². The molecule has 0 saturated heterocycles. The van der Waals surface area contributed by atoms with Crippen LogP contribution in [-0.4, -0.2) is 71.6 Å². The van der Waals surface area contributed by atoms with Crippen LogP contribution in [-0.2, 0) is 20.7 Å². The molecule has 0 aliphatic rings. The van der Waals surface area contributed by atoms with E-state index in [1.54, 1.807) is 23.3 Å². The average molecular weight is 407 g/mol. The van der Waals surface area contributed by atoms with Gasteiger partial charge in [0, 0.05) is 23.9 Å². The third-order valence-electron chi connectivity index (χ3n) is 4.44. The SMILES string of the molecule is CN(CCCOCCc1ccc2sccc2c1)C(CO)/C(=C/C(=O)O)C(=O)O. The van der Waals surface area contributed by atoms with Crippen LogP contribution in [0.1, 0.15) is 12.0 Å². The molecule has 0 bridgehead atoms. The van der Waals surface area contributed by atoms with Crippen LogP contribution in [0.15, 0.2) is 41.3 Å². The second-order valence-corrected chi connectivity index (χ2v) is 7.38. The number of hydrogen-bond donors (Lipinski definition) is 3. The fourth-order valence-electron chi connectivity index (χ4n) is 2.94. The molecule has 8 heteroatoms. The van der Waals surface area contributed by atoms with Crippen molar-refractivity contribution in [3.63, 3.8) is 0 Å². The molecule has 1 atom stereocenters. The summed E-state index contributed by atoms with van der Waals surface area (Å²) in [6.07, 6.45) is 2.07. The zero-order valence-electron chi connectivity index (χ0n) is 15.7. The number of ether oxygens (including phenoxy) is 1. The molecule has 0 radical (unpaired) electrons. The highest BCUT2D eigenvalue weighted by Gasteiger charge is 2.24. The number of thiophene rings is 1. The molecule has 0 spiro atoms. The predicted molar refractivity (Wildman–Crippen MR) is 108 cm³/mol. The molecule has 3 N–H and O–H groups in total. The van der Waals surface area contributed by atoms with Crippen molar-refractivity contribution in [2.75, 3.05) is 33.4 Å². The molecule has 2 aromatic rings. The second kappa shape index (κ2) is 10.9. The maximum Gasteiger partial charge on any atom is 0.333 e. The molecule has 7 nitrogen and oxygen atoms in total. The van der Waals surface area contributed by atoms with Crippen LogP contribution in [0.3, 0.4) is 0 Å². The lowest BCUT2D eigenvalue weighted by atomic mass is 10.1. The number of carboxylic acid groups (broad SMARTS) is 2. The van der Waals surface area contributed by atoms with Crippen LogP contribution < -0.4 is 0 Å². The molecule has 0 amide bonds. The molecule has 152 valence electrons. The lowest BCUT2D eigenvalue weighted by molar-refractivity contribution is -0.135. The van der Waals surface area contributed by atoms with Gasteiger partial charge in [0.25, 0.3) is 0 Å². The monoisotopic (exact) mass is 407 g/mol.